The molecule has 1 aromatic rings. The molecule has 5 heteroatoms. The molecular weight excluding hydrogens is 274 g/mol. The maximum atomic E-state index is 11.8. The lowest BCUT2D eigenvalue weighted by atomic mass is 9.98. The lowest BCUT2D eigenvalue weighted by Gasteiger charge is -2.08. The molecule has 1 aromatic carbocycles. The average molecular weight is 286 g/mol. The molecule has 0 fully saturated rings. The lowest BCUT2D eigenvalue weighted by Crippen LogP contribution is -2.13. The highest BCUT2D eigenvalue weighted by Crippen LogP contribution is 2.24. The van der Waals surface area contributed by atoms with E-state index >= 15 is 0 Å². The molecule has 0 aliphatic heterocycles. The van der Waals surface area contributed by atoms with E-state index in [0.717, 1.165) is 0 Å². The maximum Gasteiger partial charge on any atom is 0.273 e. The number of ketones is 1. The van der Waals surface area contributed by atoms with Crippen LogP contribution in [0.15, 0.2) is 18.2 Å². The summed E-state index contributed by atoms with van der Waals surface area (Å²) in [4.78, 5) is 21.9. The average Bonchev–Trinajstić information content (AvgIpc) is 2.26. The summed E-state index contributed by atoms with van der Waals surface area (Å²) in [5.41, 5.74) is 0.950. The van der Waals surface area contributed by atoms with Crippen molar-refractivity contribution in [3.8, 4) is 0 Å². The van der Waals surface area contributed by atoms with Gasteiger partial charge in [0.1, 0.15) is 0 Å². The van der Waals surface area contributed by atoms with Gasteiger partial charge in [-0.25, -0.2) is 0 Å². The van der Waals surface area contributed by atoms with E-state index in [2.05, 4.69) is 15.9 Å². The smallest absolute Gasteiger partial charge is 0.273 e. The molecule has 0 saturated carbocycles. The van der Waals surface area contributed by atoms with E-state index in [4.69, 9.17) is 0 Å². The quantitative estimate of drug-likeness (QED) is 0.370. The van der Waals surface area contributed by atoms with Gasteiger partial charge in [0.25, 0.3) is 5.69 Å². The Morgan fingerprint density at radius 3 is 2.62 bits per heavy atom. The zero-order chi connectivity index (χ0) is 12.3. The Hall–Kier alpha value is -1.23. The zero-order valence-electron chi connectivity index (χ0n) is 9.07. The minimum atomic E-state index is -0.450. The molecule has 0 aromatic heterocycles. The van der Waals surface area contributed by atoms with Gasteiger partial charge in [0.05, 0.1) is 9.75 Å². The third-order valence-electron chi connectivity index (χ3n) is 2.33. The van der Waals surface area contributed by atoms with E-state index in [0.29, 0.717) is 17.5 Å². The van der Waals surface area contributed by atoms with Crippen molar-refractivity contribution in [2.75, 3.05) is 0 Å². The van der Waals surface area contributed by atoms with Gasteiger partial charge in [-0.3, -0.25) is 14.9 Å². The summed E-state index contributed by atoms with van der Waals surface area (Å²) in [5.74, 6) is -0.124. The number of hydrogen-bond donors (Lipinski definition) is 0. The molecule has 1 rings (SSSR count). The standard InChI is InChI=1S/C11H12BrNO3/c1-3-8-9(11(14)7(2)12)5-4-6-10(8)13(15)16/h4-7H,3H2,1-2H3. The number of Topliss-reactive ketones (excluding diaryl/α,β-unsaturated/α-hetero) is 1. The van der Waals surface area contributed by atoms with Crippen LogP contribution in [0.25, 0.3) is 0 Å². The Kier molecular flexibility index (Phi) is 4.18. The summed E-state index contributed by atoms with van der Waals surface area (Å²) >= 11 is 3.18. The van der Waals surface area contributed by atoms with Crippen LogP contribution >= 0.6 is 15.9 Å². The van der Waals surface area contributed by atoms with Gasteiger partial charge in [-0.05, 0) is 13.3 Å². The van der Waals surface area contributed by atoms with Gasteiger partial charge in [0.15, 0.2) is 5.78 Å². The van der Waals surface area contributed by atoms with Gasteiger partial charge in [-0.1, -0.05) is 35.0 Å². The van der Waals surface area contributed by atoms with Crippen molar-refractivity contribution < 1.29 is 9.72 Å². The molecule has 0 heterocycles. The molecule has 0 aliphatic rings. The SMILES string of the molecule is CCc1c(C(=O)C(C)Br)cccc1[N+](=O)[O-]. The number of benzene rings is 1. The molecule has 4 nitrogen and oxygen atoms in total. The highest BCUT2D eigenvalue weighted by molar-refractivity contribution is 9.10. The molecule has 86 valence electrons. The van der Waals surface area contributed by atoms with Crippen LogP contribution < -0.4 is 0 Å². The Labute approximate surface area is 102 Å². The highest BCUT2D eigenvalue weighted by atomic mass is 79.9. The molecular formula is C11H12BrNO3. The van der Waals surface area contributed by atoms with E-state index in [-0.39, 0.29) is 16.3 Å². The van der Waals surface area contributed by atoms with Crippen LogP contribution in [0.3, 0.4) is 0 Å². The molecule has 0 aliphatic carbocycles. The second-order valence-electron chi connectivity index (χ2n) is 3.39. The van der Waals surface area contributed by atoms with E-state index in [9.17, 15) is 14.9 Å². The largest absolute Gasteiger partial charge is 0.293 e. The Morgan fingerprint density at radius 2 is 2.19 bits per heavy atom. The van der Waals surface area contributed by atoms with E-state index in [1.165, 1.54) is 6.07 Å². The summed E-state index contributed by atoms with van der Waals surface area (Å²) in [5, 5.41) is 10.8. The van der Waals surface area contributed by atoms with Crippen LogP contribution in [-0.4, -0.2) is 15.5 Å². The predicted octanol–water partition coefficient (Wildman–Crippen LogP) is 3.12. The van der Waals surface area contributed by atoms with Gasteiger partial charge in [0, 0.05) is 17.2 Å². The van der Waals surface area contributed by atoms with Gasteiger partial charge in [-0.2, -0.15) is 0 Å². The second-order valence-corrected chi connectivity index (χ2v) is 4.77. The molecule has 1 unspecified atom stereocenters. The van der Waals surface area contributed by atoms with Crippen LogP contribution in [0.4, 0.5) is 5.69 Å². The van der Waals surface area contributed by atoms with Crippen molar-refractivity contribution >= 4 is 27.4 Å². The zero-order valence-corrected chi connectivity index (χ0v) is 10.7. The first-order chi connectivity index (χ1) is 7.49. The number of alkyl halides is 1. The van der Waals surface area contributed by atoms with Crippen molar-refractivity contribution in [3.05, 3.63) is 39.4 Å². The first kappa shape index (κ1) is 12.8. The van der Waals surface area contributed by atoms with Crippen molar-refractivity contribution in [1.29, 1.82) is 0 Å². The van der Waals surface area contributed by atoms with Crippen LogP contribution in [0.5, 0.6) is 0 Å². The number of carbonyl (C=O) groups is 1. The number of halogens is 1. The number of nitrogens with zero attached hydrogens (tertiary/aromatic N) is 1. The second kappa shape index (κ2) is 5.21. The van der Waals surface area contributed by atoms with Crippen molar-refractivity contribution in [1.82, 2.24) is 0 Å². The Bertz CT molecular complexity index is 429. The monoisotopic (exact) mass is 285 g/mol. The number of nitro benzene ring substituents is 1. The first-order valence-electron chi connectivity index (χ1n) is 4.93. The maximum absolute atomic E-state index is 11.8. The summed E-state index contributed by atoms with van der Waals surface area (Å²) < 4.78 is 0. The summed E-state index contributed by atoms with van der Waals surface area (Å²) in [6.45, 7) is 3.51. The van der Waals surface area contributed by atoms with Crippen molar-refractivity contribution in [2.24, 2.45) is 0 Å². The number of carbonyl (C=O) groups excluding carboxylic acids is 1. The first-order valence-corrected chi connectivity index (χ1v) is 5.85. The summed E-state index contributed by atoms with van der Waals surface area (Å²) in [6.07, 6.45) is 0.470. The molecule has 0 bridgehead atoms. The molecule has 16 heavy (non-hydrogen) atoms. The summed E-state index contributed by atoms with van der Waals surface area (Å²) in [6, 6.07) is 4.60. The minimum absolute atomic E-state index is 0.0153. The number of rotatable bonds is 4. The predicted molar refractivity (Wildman–Crippen MR) is 65.2 cm³/mol. The number of nitro groups is 1. The molecule has 0 N–H and O–H groups in total. The van der Waals surface area contributed by atoms with Crippen LogP contribution in [0, 0.1) is 10.1 Å². The van der Waals surface area contributed by atoms with E-state index in [1.54, 1.807) is 26.0 Å². The fourth-order valence-electron chi connectivity index (χ4n) is 1.56. The highest BCUT2D eigenvalue weighted by Gasteiger charge is 2.21. The van der Waals surface area contributed by atoms with Crippen LogP contribution in [-0.2, 0) is 6.42 Å². The molecule has 0 radical (unpaired) electrons. The van der Waals surface area contributed by atoms with E-state index in [1.807, 2.05) is 0 Å². The molecule has 0 saturated heterocycles. The molecule has 1 atom stereocenters. The van der Waals surface area contributed by atoms with Gasteiger partial charge < -0.3 is 0 Å². The van der Waals surface area contributed by atoms with Gasteiger partial charge in [-0.15, -0.1) is 0 Å². The summed E-state index contributed by atoms with van der Waals surface area (Å²) in [7, 11) is 0. The normalized spacial score (nSPS) is 12.2. The van der Waals surface area contributed by atoms with Gasteiger partial charge >= 0.3 is 0 Å². The van der Waals surface area contributed by atoms with Crippen molar-refractivity contribution in [2.45, 2.75) is 25.1 Å². The topological polar surface area (TPSA) is 60.2 Å². The lowest BCUT2D eigenvalue weighted by molar-refractivity contribution is -0.385. The van der Waals surface area contributed by atoms with Crippen molar-refractivity contribution in [3.63, 3.8) is 0 Å². The molecule has 0 amide bonds. The molecule has 0 spiro atoms. The fraction of sp³-hybridized carbons (Fsp3) is 0.364. The third kappa shape index (κ3) is 2.47. The van der Waals surface area contributed by atoms with Crippen LogP contribution in [0.1, 0.15) is 29.8 Å². The fourth-order valence-corrected chi connectivity index (χ4v) is 1.81. The third-order valence-corrected chi connectivity index (χ3v) is 2.74. The Balaban J connectivity index is 3.35. The number of hydrogen-bond acceptors (Lipinski definition) is 3. The van der Waals surface area contributed by atoms with Gasteiger partial charge in [0.2, 0.25) is 0 Å². The van der Waals surface area contributed by atoms with E-state index < -0.39 is 4.92 Å². The minimum Gasteiger partial charge on any atom is -0.293 e. The van der Waals surface area contributed by atoms with Crippen LogP contribution in [0.2, 0.25) is 0 Å². The Morgan fingerprint density at radius 1 is 1.56 bits per heavy atom.